The fourth-order valence-electron chi connectivity index (χ4n) is 2.30. The van der Waals surface area contributed by atoms with Crippen molar-refractivity contribution < 1.29 is 8.42 Å². The number of hydrogen-bond acceptors (Lipinski definition) is 3. The molecule has 0 bridgehead atoms. The number of aryl methyl sites for hydroxylation is 1. The Bertz CT molecular complexity index is 551. The average Bonchev–Trinajstić information content (AvgIpc) is 2.76. The molecule has 0 amide bonds. The van der Waals surface area contributed by atoms with Crippen LogP contribution in [0.4, 0.5) is 0 Å². The first-order valence-electron chi connectivity index (χ1n) is 5.95. The zero-order valence-corrected chi connectivity index (χ0v) is 13.9. The Labute approximate surface area is 128 Å². The molecule has 2 N–H and O–H groups in total. The Balaban J connectivity index is 0.00000180. The van der Waals surface area contributed by atoms with Crippen LogP contribution in [0.3, 0.4) is 0 Å². The molecular formula is C12H18BrClN2O2S. The lowest BCUT2D eigenvalue weighted by atomic mass is 10.2. The molecular weight excluding hydrogens is 352 g/mol. The molecule has 1 aliphatic heterocycles. The van der Waals surface area contributed by atoms with Crippen LogP contribution < -0.4 is 5.73 Å². The van der Waals surface area contributed by atoms with Gasteiger partial charge in [-0.2, -0.15) is 4.31 Å². The molecule has 0 saturated carbocycles. The van der Waals surface area contributed by atoms with Crippen molar-refractivity contribution in [3.8, 4) is 0 Å². The summed E-state index contributed by atoms with van der Waals surface area (Å²) >= 11 is 3.33. The molecule has 0 radical (unpaired) electrons. The number of sulfonamides is 1. The van der Waals surface area contributed by atoms with E-state index in [0.717, 1.165) is 18.4 Å². The molecule has 1 atom stereocenters. The monoisotopic (exact) mass is 368 g/mol. The Morgan fingerprint density at radius 2 is 2.16 bits per heavy atom. The first kappa shape index (κ1) is 16.9. The van der Waals surface area contributed by atoms with Crippen LogP contribution >= 0.6 is 28.3 Å². The van der Waals surface area contributed by atoms with E-state index in [1.165, 1.54) is 4.31 Å². The fourth-order valence-corrected chi connectivity index (χ4v) is 5.16. The van der Waals surface area contributed by atoms with Gasteiger partial charge in [0.05, 0.1) is 4.90 Å². The zero-order chi connectivity index (χ0) is 13.3. The predicted molar refractivity (Wildman–Crippen MR) is 82.1 cm³/mol. The average molecular weight is 370 g/mol. The minimum atomic E-state index is -3.44. The molecule has 1 fully saturated rings. The van der Waals surface area contributed by atoms with Crippen molar-refractivity contribution in [2.24, 2.45) is 5.73 Å². The molecule has 1 heterocycles. The summed E-state index contributed by atoms with van der Waals surface area (Å²) in [5.74, 6) is 0. The van der Waals surface area contributed by atoms with Crippen molar-refractivity contribution in [1.29, 1.82) is 0 Å². The molecule has 1 unspecified atom stereocenters. The number of benzene rings is 1. The standard InChI is InChI=1S/C12H17BrN2O2S.ClH/c1-9-4-5-12(11(13)7-9)18(16,17)15-6-2-3-10(15)8-14;/h4-5,7,10H,2-3,6,8,14H2,1H3;1H. The van der Waals surface area contributed by atoms with E-state index in [-0.39, 0.29) is 18.4 Å². The third-order valence-electron chi connectivity index (χ3n) is 3.27. The Hall–Kier alpha value is -0.140. The van der Waals surface area contributed by atoms with Crippen LogP contribution in [0.1, 0.15) is 18.4 Å². The molecule has 7 heteroatoms. The van der Waals surface area contributed by atoms with Gasteiger partial charge in [-0.05, 0) is 53.4 Å². The van der Waals surface area contributed by atoms with Crippen molar-refractivity contribution >= 4 is 38.4 Å². The molecule has 19 heavy (non-hydrogen) atoms. The Morgan fingerprint density at radius 1 is 1.47 bits per heavy atom. The van der Waals surface area contributed by atoms with Crippen LogP contribution in [0.5, 0.6) is 0 Å². The van der Waals surface area contributed by atoms with Gasteiger partial charge in [0.15, 0.2) is 0 Å². The van der Waals surface area contributed by atoms with Crippen LogP contribution in [0, 0.1) is 6.92 Å². The quantitative estimate of drug-likeness (QED) is 0.889. The number of hydrogen-bond donors (Lipinski definition) is 1. The second-order valence-electron chi connectivity index (χ2n) is 4.58. The van der Waals surface area contributed by atoms with Crippen LogP contribution in [0.15, 0.2) is 27.6 Å². The third-order valence-corrected chi connectivity index (χ3v) is 6.20. The summed E-state index contributed by atoms with van der Waals surface area (Å²) < 4.78 is 27.3. The van der Waals surface area contributed by atoms with Gasteiger partial charge in [-0.25, -0.2) is 8.42 Å². The maximum atomic E-state index is 12.6. The molecule has 1 aromatic rings. The predicted octanol–water partition coefficient (Wildman–Crippen LogP) is 2.29. The highest BCUT2D eigenvalue weighted by molar-refractivity contribution is 9.10. The summed E-state index contributed by atoms with van der Waals surface area (Å²) in [7, 11) is -3.44. The van der Waals surface area contributed by atoms with Crippen molar-refractivity contribution in [3.05, 3.63) is 28.2 Å². The van der Waals surface area contributed by atoms with Crippen molar-refractivity contribution in [2.45, 2.75) is 30.7 Å². The van der Waals surface area contributed by atoms with Gasteiger partial charge in [-0.15, -0.1) is 12.4 Å². The maximum absolute atomic E-state index is 12.6. The lowest BCUT2D eigenvalue weighted by Gasteiger charge is -2.23. The summed E-state index contributed by atoms with van der Waals surface area (Å²) in [6.45, 7) is 2.87. The molecule has 0 aromatic heterocycles. The van der Waals surface area contributed by atoms with Crippen molar-refractivity contribution in [1.82, 2.24) is 4.31 Å². The summed E-state index contributed by atoms with van der Waals surface area (Å²) in [5, 5.41) is 0. The van der Waals surface area contributed by atoms with Gasteiger partial charge in [0.25, 0.3) is 0 Å². The van der Waals surface area contributed by atoms with Gasteiger partial charge in [0.1, 0.15) is 0 Å². The van der Waals surface area contributed by atoms with Gasteiger partial charge in [0.2, 0.25) is 10.0 Å². The van der Waals surface area contributed by atoms with E-state index in [4.69, 9.17) is 5.73 Å². The normalized spacial score (nSPS) is 20.3. The van der Waals surface area contributed by atoms with E-state index >= 15 is 0 Å². The van der Waals surface area contributed by atoms with Gasteiger partial charge in [-0.1, -0.05) is 6.07 Å². The van der Waals surface area contributed by atoms with E-state index < -0.39 is 10.0 Å². The van der Waals surface area contributed by atoms with Crippen LogP contribution in [0.2, 0.25) is 0 Å². The van der Waals surface area contributed by atoms with Crippen LogP contribution in [0.25, 0.3) is 0 Å². The third kappa shape index (κ3) is 3.31. The molecule has 0 spiro atoms. The van der Waals surface area contributed by atoms with E-state index in [1.54, 1.807) is 6.07 Å². The van der Waals surface area contributed by atoms with Crippen LogP contribution in [-0.2, 0) is 10.0 Å². The van der Waals surface area contributed by atoms with Gasteiger partial charge < -0.3 is 5.73 Å². The molecule has 1 saturated heterocycles. The minimum absolute atomic E-state index is 0. The Kier molecular flexibility index (Phi) is 5.82. The SMILES string of the molecule is Cc1ccc(S(=O)(=O)N2CCCC2CN)c(Br)c1.Cl. The lowest BCUT2D eigenvalue weighted by molar-refractivity contribution is 0.393. The molecule has 1 aliphatic rings. The largest absolute Gasteiger partial charge is 0.329 e. The second kappa shape index (κ2) is 6.54. The Morgan fingerprint density at radius 3 is 2.74 bits per heavy atom. The summed E-state index contributed by atoms with van der Waals surface area (Å²) in [6, 6.07) is 5.22. The highest BCUT2D eigenvalue weighted by Gasteiger charge is 2.35. The van der Waals surface area contributed by atoms with Crippen molar-refractivity contribution in [2.75, 3.05) is 13.1 Å². The highest BCUT2D eigenvalue weighted by Crippen LogP contribution is 2.30. The van der Waals surface area contributed by atoms with E-state index in [9.17, 15) is 8.42 Å². The smallest absolute Gasteiger partial charge is 0.244 e. The van der Waals surface area contributed by atoms with Gasteiger partial charge >= 0.3 is 0 Å². The van der Waals surface area contributed by atoms with E-state index in [0.29, 0.717) is 22.5 Å². The first-order valence-corrected chi connectivity index (χ1v) is 8.18. The van der Waals surface area contributed by atoms with Gasteiger partial charge in [-0.3, -0.25) is 0 Å². The second-order valence-corrected chi connectivity index (χ2v) is 7.29. The fraction of sp³-hybridized carbons (Fsp3) is 0.500. The minimum Gasteiger partial charge on any atom is -0.329 e. The number of halogens is 2. The summed E-state index contributed by atoms with van der Waals surface area (Å²) in [6.07, 6.45) is 1.73. The van der Waals surface area contributed by atoms with E-state index in [2.05, 4.69) is 15.9 Å². The van der Waals surface area contributed by atoms with Gasteiger partial charge in [0, 0.05) is 23.6 Å². The first-order chi connectivity index (χ1) is 8.46. The molecule has 1 aromatic carbocycles. The highest BCUT2D eigenvalue weighted by atomic mass is 79.9. The van der Waals surface area contributed by atoms with Crippen LogP contribution in [-0.4, -0.2) is 31.9 Å². The van der Waals surface area contributed by atoms with E-state index in [1.807, 2.05) is 19.1 Å². The topological polar surface area (TPSA) is 63.4 Å². The summed E-state index contributed by atoms with van der Waals surface area (Å²) in [5.41, 5.74) is 6.67. The zero-order valence-electron chi connectivity index (χ0n) is 10.7. The summed E-state index contributed by atoms with van der Waals surface area (Å²) in [4.78, 5) is 0.327. The van der Waals surface area contributed by atoms with Crippen molar-refractivity contribution in [3.63, 3.8) is 0 Å². The maximum Gasteiger partial charge on any atom is 0.244 e. The number of nitrogens with two attached hydrogens (primary N) is 1. The molecule has 108 valence electrons. The lowest BCUT2D eigenvalue weighted by Crippen LogP contribution is -2.39. The number of rotatable bonds is 3. The molecule has 4 nitrogen and oxygen atoms in total. The number of nitrogens with zero attached hydrogens (tertiary/aromatic N) is 1. The molecule has 0 aliphatic carbocycles. The molecule has 2 rings (SSSR count).